The van der Waals surface area contributed by atoms with Crippen LogP contribution in [0, 0.1) is 65.0 Å². The molecule has 12 bridgehead atoms. The van der Waals surface area contributed by atoms with E-state index in [1.807, 2.05) is 12.2 Å². The lowest BCUT2D eigenvalue weighted by atomic mass is 9.34. The first-order valence-corrected chi connectivity index (χ1v) is 25.8. The first-order chi connectivity index (χ1) is 31.5. The molecule has 0 amide bonds. The van der Waals surface area contributed by atoms with Crippen molar-refractivity contribution in [1.29, 1.82) is 0 Å². The number of aliphatic hydroxyl groups excluding tert-OH is 1. The number of carbonyl (C=O) groups excluding carboxylic acids is 7. The molecule has 18 rings (SSSR count). The van der Waals surface area contributed by atoms with Gasteiger partial charge in [-0.2, -0.15) is 0 Å². The lowest BCUT2D eigenvalue weighted by Crippen LogP contribution is -2.63. The number of rotatable bonds is 19. The summed E-state index contributed by atoms with van der Waals surface area (Å²) < 4.78 is 9.57. The molecule has 18 aliphatic rings. The van der Waals surface area contributed by atoms with Crippen LogP contribution in [0.15, 0.2) is 36.5 Å². The second kappa shape index (κ2) is 18.0. The van der Waals surface area contributed by atoms with Gasteiger partial charge in [0.05, 0.1) is 13.2 Å². The normalized spacial score (nSPS) is 45.6. The van der Waals surface area contributed by atoms with E-state index < -0.39 is 0 Å². The first kappa shape index (κ1) is 51.3. The topological polar surface area (TPSA) is 158 Å². The molecule has 18 fully saturated rings. The molecule has 370 valence electrons. The van der Waals surface area contributed by atoms with E-state index in [1.54, 1.807) is 39.0 Å². The zero-order valence-corrected chi connectivity index (χ0v) is 42.1. The fraction of sp³-hybridized carbons (Fsp3) is 0.772. The number of hydrogen-bond acceptors (Lipinski definition) is 10. The Balaban J connectivity index is 0.000000120. The largest absolute Gasteiger partial charge is 0.467 e. The molecule has 0 aromatic rings. The Bertz CT molecular complexity index is 1840. The summed E-state index contributed by atoms with van der Waals surface area (Å²) in [5.41, 5.74) is 4.98. The lowest BCUT2D eigenvalue weighted by molar-refractivity contribution is -0.228. The van der Waals surface area contributed by atoms with Gasteiger partial charge in [0.15, 0.2) is 17.3 Å². The summed E-state index contributed by atoms with van der Waals surface area (Å²) in [6.45, 7) is 16.6. The van der Waals surface area contributed by atoms with E-state index in [2.05, 4.69) is 33.8 Å². The van der Waals surface area contributed by atoms with Gasteiger partial charge in [-0.25, -0.2) is 0 Å². The molecule has 10 nitrogen and oxygen atoms in total. The molecule has 0 aromatic carbocycles. The van der Waals surface area contributed by atoms with Crippen molar-refractivity contribution in [3.05, 3.63) is 36.5 Å². The third kappa shape index (κ3) is 9.70. The Kier molecular flexibility index (Phi) is 13.8. The van der Waals surface area contributed by atoms with Crippen molar-refractivity contribution in [2.75, 3.05) is 19.8 Å². The van der Waals surface area contributed by atoms with E-state index in [-0.39, 0.29) is 39.0 Å². The summed E-state index contributed by atoms with van der Waals surface area (Å²) in [5.74, 6) is 0.405. The van der Waals surface area contributed by atoms with Crippen molar-refractivity contribution in [2.45, 2.75) is 190 Å². The fourth-order valence-corrected chi connectivity index (χ4v) is 16.7. The molecule has 0 spiro atoms. The zero-order chi connectivity index (χ0) is 48.9. The number of aliphatic hydroxyl groups is 1. The lowest BCUT2D eigenvalue weighted by Gasteiger charge is -2.70. The molecule has 0 aromatic heterocycles. The predicted molar refractivity (Wildman–Crippen MR) is 256 cm³/mol. The molecular weight excluding hydrogens is 845 g/mol. The number of carbonyl (C=O) groups is 7. The molecule has 18 aliphatic carbocycles. The molecule has 18 saturated carbocycles. The maximum absolute atomic E-state index is 10.7. The maximum atomic E-state index is 10.7. The number of ketones is 3. The van der Waals surface area contributed by atoms with Gasteiger partial charge in [0.25, 0.3) is 12.9 Å². The molecule has 0 unspecified atom stereocenters. The second-order valence-electron chi connectivity index (χ2n) is 25.9. The summed E-state index contributed by atoms with van der Waals surface area (Å²) >= 11 is 0. The van der Waals surface area contributed by atoms with E-state index in [0.29, 0.717) is 76.1 Å². The minimum atomic E-state index is 0.0150. The Morgan fingerprint density at radius 3 is 0.896 bits per heavy atom. The van der Waals surface area contributed by atoms with E-state index in [0.717, 1.165) is 44.8 Å². The minimum Gasteiger partial charge on any atom is -0.467 e. The summed E-state index contributed by atoms with van der Waals surface area (Å²) in [6, 6.07) is 0. The molecular formula is C57H82O10. The molecule has 1 N–H and O–H groups in total. The second-order valence-corrected chi connectivity index (χ2v) is 25.9. The van der Waals surface area contributed by atoms with Crippen LogP contribution in [0.3, 0.4) is 0 Å². The van der Waals surface area contributed by atoms with Crippen molar-refractivity contribution in [2.24, 2.45) is 65.0 Å². The monoisotopic (exact) mass is 927 g/mol. The highest BCUT2D eigenvalue weighted by atomic mass is 16.5. The molecule has 0 saturated heterocycles. The standard InChI is InChI=1S/C11H16O.C10H14O2.C10H12O2.2C9H14O2.C8H12O/c1-3-10-6-11(7-10,8-10)5-4-9(2)12;2*1-8(12)2-3-9-4-10(5-9,6-9)7-11;2*1-2-8-3-9(4-8,5-8)6-11-7-10;1-2-7-3-8(4-7,5-7)6-9/h4-5H,3,6-8H2,1-2H3;2-3,11H,4-7H2,1H3;2-3,7H,4-6H2,1H3;2*7H,2-6H2,1H3;6H,2-5H2,1H3/b5-4+;2*3-2+;;;. The molecule has 10 heteroatoms. The smallest absolute Gasteiger partial charge is 0.293 e. The van der Waals surface area contributed by atoms with Crippen LogP contribution in [0.25, 0.3) is 0 Å². The summed E-state index contributed by atoms with van der Waals surface area (Å²) in [7, 11) is 0. The zero-order valence-electron chi connectivity index (χ0n) is 42.1. The number of ether oxygens (including phenoxy) is 2. The number of allylic oxidation sites excluding steroid dienone is 6. The summed E-state index contributed by atoms with van der Waals surface area (Å²) in [5, 5.41) is 8.98. The molecule has 67 heavy (non-hydrogen) atoms. The van der Waals surface area contributed by atoms with Gasteiger partial charge >= 0.3 is 0 Å². The van der Waals surface area contributed by atoms with Gasteiger partial charge < -0.3 is 24.2 Å². The van der Waals surface area contributed by atoms with Crippen molar-refractivity contribution in [3.63, 3.8) is 0 Å². The molecule has 0 aliphatic heterocycles. The van der Waals surface area contributed by atoms with Crippen molar-refractivity contribution < 1.29 is 48.1 Å². The highest BCUT2D eigenvalue weighted by Gasteiger charge is 2.69. The van der Waals surface area contributed by atoms with Crippen molar-refractivity contribution in [1.82, 2.24) is 0 Å². The van der Waals surface area contributed by atoms with Crippen LogP contribution in [0.1, 0.15) is 190 Å². The quantitative estimate of drug-likeness (QED) is 0.0976. The predicted octanol–water partition coefficient (Wildman–Crippen LogP) is 10.8. The molecule has 0 radical (unpaired) electrons. The van der Waals surface area contributed by atoms with E-state index in [9.17, 15) is 33.6 Å². The van der Waals surface area contributed by atoms with Gasteiger partial charge in [0.2, 0.25) is 0 Å². The Labute approximate surface area is 400 Å². The highest BCUT2D eigenvalue weighted by Crippen LogP contribution is 2.77. The van der Waals surface area contributed by atoms with Gasteiger partial charge in [0.1, 0.15) is 12.6 Å². The maximum Gasteiger partial charge on any atom is 0.293 e. The van der Waals surface area contributed by atoms with Crippen LogP contribution >= 0.6 is 0 Å². The highest BCUT2D eigenvalue weighted by molar-refractivity contribution is 5.88. The Morgan fingerprint density at radius 1 is 0.388 bits per heavy atom. The third-order valence-corrected chi connectivity index (χ3v) is 19.9. The number of hydrogen-bond donors (Lipinski definition) is 1. The van der Waals surface area contributed by atoms with Crippen molar-refractivity contribution in [3.8, 4) is 0 Å². The van der Waals surface area contributed by atoms with E-state index in [4.69, 9.17) is 14.6 Å². The van der Waals surface area contributed by atoms with Gasteiger partial charge in [-0.3, -0.25) is 24.0 Å². The van der Waals surface area contributed by atoms with Crippen LogP contribution < -0.4 is 0 Å². The van der Waals surface area contributed by atoms with Gasteiger partial charge in [-0.1, -0.05) is 71.6 Å². The summed E-state index contributed by atoms with van der Waals surface area (Å²) in [4.78, 5) is 72.8. The first-order valence-electron chi connectivity index (χ1n) is 25.8. The minimum absolute atomic E-state index is 0.0150. The van der Waals surface area contributed by atoms with Crippen LogP contribution in [0.2, 0.25) is 0 Å². The van der Waals surface area contributed by atoms with Crippen molar-refractivity contribution >= 4 is 42.9 Å². The SMILES string of the molecule is CC(=O)/C=C/C12CC(C=O)(C1)C2.CC(=O)/C=C/C12CC(CO)(C1)C2.CCC12CC(/C=C/C(C)=O)(C1)C2.CCC12CC(C=O)(C1)C2.CCC12CC(COC=O)(C1)C2.CCC12CC(COC=O)(C1)C2. The Hall–Kier alpha value is -3.53. The van der Waals surface area contributed by atoms with E-state index >= 15 is 0 Å². The molecule has 0 heterocycles. The van der Waals surface area contributed by atoms with E-state index in [1.165, 1.54) is 109 Å². The van der Waals surface area contributed by atoms with Gasteiger partial charge in [0, 0.05) is 28.3 Å². The average Bonchev–Trinajstić information content (AvgIpc) is 3.11. The summed E-state index contributed by atoms with van der Waals surface area (Å²) in [6.07, 6.45) is 40.2. The van der Waals surface area contributed by atoms with Crippen LogP contribution in [-0.2, 0) is 43.0 Å². The van der Waals surface area contributed by atoms with Gasteiger partial charge in [-0.05, 0) is 198 Å². The van der Waals surface area contributed by atoms with Crippen LogP contribution in [-0.4, -0.2) is 67.8 Å². The number of aldehydes is 2. The molecule has 0 atom stereocenters. The van der Waals surface area contributed by atoms with Gasteiger partial charge in [-0.15, -0.1) is 0 Å². The average molecular weight is 927 g/mol. The van der Waals surface area contributed by atoms with Crippen LogP contribution in [0.4, 0.5) is 0 Å². The third-order valence-electron chi connectivity index (χ3n) is 19.9. The van der Waals surface area contributed by atoms with Crippen LogP contribution in [0.5, 0.6) is 0 Å². The fourth-order valence-electron chi connectivity index (χ4n) is 16.7. The Morgan fingerprint density at radius 2 is 0.642 bits per heavy atom.